The van der Waals surface area contributed by atoms with E-state index in [0.29, 0.717) is 23.4 Å². The van der Waals surface area contributed by atoms with Crippen LogP contribution in [0.4, 0.5) is 5.69 Å². The molecule has 0 aliphatic carbocycles. The van der Waals surface area contributed by atoms with Crippen molar-refractivity contribution < 1.29 is 9.53 Å². The number of nitrogens with zero attached hydrogens (tertiary/aromatic N) is 1. The molecule has 0 aliphatic heterocycles. The van der Waals surface area contributed by atoms with Gasteiger partial charge in [-0.1, -0.05) is 36.8 Å². The molecule has 0 aromatic heterocycles. The van der Waals surface area contributed by atoms with Crippen LogP contribution in [0.1, 0.15) is 24.5 Å². The SMILES string of the molecule is CCC(Oc1ccc(C)cc1)C(=O)Nc1ccccc1C#N. The van der Waals surface area contributed by atoms with Crippen molar-refractivity contribution in [2.24, 2.45) is 0 Å². The number of nitrogens with one attached hydrogen (secondary N) is 1. The Morgan fingerprint density at radius 1 is 1.23 bits per heavy atom. The topological polar surface area (TPSA) is 62.1 Å². The number of carbonyl (C=O) groups excluding carboxylic acids is 1. The first-order chi connectivity index (χ1) is 10.6. The Morgan fingerprint density at radius 3 is 2.55 bits per heavy atom. The zero-order valence-electron chi connectivity index (χ0n) is 12.7. The summed E-state index contributed by atoms with van der Waals surface area (Å²) < 4.78 is 5.73. The number of anilines is 1. The number of aryl methyl sites for hydroxylation is 1. The lowest BCUT2D eigenvalue weighted by atomic mass is 10.1. The summed E-state index contributed by atoms with van der Waals surface area (Å²) in [6.45, 7) is 3.88. The number of benzene rings is 2. The number of ether oxygens (including phenoxy) is 1. The zero-order chi connectivity index (χ0) is 15.9. The summed E-state index contributed by atoms with van der Waals surface area (Å²) in [5, 5.41) is 11.8. The molecular formula is C18H18N2O2. The molecule has 0 fully saturated rings. The van der Waals surface area contributed by atoms with Gasteiger partial charge in [0.05, 0.1) is 11.3 Å². The lowest BCUT2D eigenvalue weighted by molar-refractivity contribution is -0.122. The van der Waals surface area contributed by atoms with E-state index in [1.165, 1.54) is 0 Å². The number of carbonyl (C=O) groups is 1. The molecule has 0 bridgehead atoms. The van der Waals surface area contributed by atoms with E-state index in [9.17, 15) is 4.79 Å². The molecule has 0 spiro atoms. The molecule has 0 radical (unpaired) electrons. The first kappa shape index (κ1) is 15.6. The average Bonchev–Trinajstić information content (AvgIpc) is 2.54. The van der Waals surface area contributed by atoms with E-state index < -0.39 is 6.10 Å². The number of amides is 1. The lowest BCUT2D eigenvalue weighted by Crippen LogP contribution is -2.32. The summed E-state index contributed by atoms with van der Waals surface area (Å²) >= 11 is 0. The Hall–Kier alpha value is -2.80. The summed E-state index contributed by atoms with van der Waals surface area (Å²) in [6, 6.07) is 16.5. The van der Waals surface area contributed by atoms with Gasteiger partial charge in [0.2, 0.25) is 0 Å². The van der Waals surface area contributed by atoms with Crippen LogP contribution >= 0.6 is 0 Å². The van der Waals surface area contributed by atoms with Crippen molar-refractivity contribution in [2.45, 2.75) is 26.4 Å². The van der Waals surface area contributed by atoms with Gasteiger partial charge in [0.15, 0.2) is 6.10 Å². The third kappa shape index (κ3) is 3.86. The predicted octanol–water partition coefficient (Wildman–Crippen LogP) is 3.66. The second-order valence-electron chi connectivity index (χ2n) is 4.97. The third-order valence-electron chi connectivity index (χ3n) is 3.27. The van der Waals surface area contributed by atoms with E-state index >= 15 is 0 Å². The van der Waals surface area contributed by atoms with Crippen molar-refractivity contribution in [3.05, 3.63) is 59.7 Å². The Labute approximate surface area is 130 Å². The molecule has 0 saturated carbocycles. The van der Waals surface area contributed by atoms with E-state index in [2.05, 4.69) is 11.4 Å². The fourth-order valence-corrected chi connectivity index (χ4v) is 2.01. The summed E-state index contributed by atoms with van der Waals surface area (Å²) in [5.74, 6) is 0.395. The molecule has 112 valence electrons. The molecule has 1 unspecified atom stereocenters. The molecule has 22 heavy (non-hydrogen) atoms. The monoisotopic (exact) mass is 294 g/mol. The largest absolute Gasteiger partial charge is 0.481 e. The van der Waals surface area contributed by atoms with Crippen molar-refractivity contribution in [2.75, 3.05) is 5.32 Å². The standard InChI is InChI=1S/C18H18N2O2/c1-3-17(22-15-10-8-13(2)9-11-15)18(21)20-16-7-5-4-6-14(16)12-19/h4-11,17H,3H2,1-2H3,(H,20,21). The molecule has 2 aromatic carbocycles. The van der Waals surface area contributed by atoms with E-state index in [1.807, 2.05) is 38.1 Å². The molecular weight excluding hydrogens is 276 g/mol. The maximum Gasteiger partial charge on any atom is 0.265 e. The minimum Gasteiger partial charge on any atom is -0.481 e. The molecule has 0 aliphatic rings. The molecule has 1 atom stereocenters. The van der Waals surface area contributed by atoms with Crippen LogP contribution in [0.5, 0.6) is 5.75 Å². The van der Waals surface area contributed by atoms with Gasteiger partial charge in [-0.05, 0) is 37.6 Å². The first-order valence-electron chi connectivity index (χ1n) is 7.17. The molecule has 4 heteroatoms. The smallest absolute Gasteiger partial charge is 0.265 e. The number of hydrogen-bond acceptors (Lipinski definition) is 3. The number of rotatable bonds is 5. The normalized spacial score (nSPS) is 11.3. The van der Waals surface area contributed by atoms with Crippen LogP contribution in [0.15, 0.2) is 48.5 Å². The van der Waals surface area contributed by atoms with Crippen LogP contribution in [0.2, 0.25) is 0 Å². The Balaban J connectivity index is 2.09. The fourth-order valence-electron chi connectivity index (χ4n) is 2.01. The second-order valence-corrected chi connectivity index (χ2v) is 4.97. The van der Waals surface area contributed by atoms with Gasteiger partial charge in [0, 0.05) is 0 Å². The number of hydrogen-bond donors (Lipinski definition) is 1. The second kappa shape index (κ2) is 7.28. The minimum atomic E-state index is -0.602. The highest BCUT2D eigenvalue weighted by Gasteiger charge is 2.19. The van der Waals surface area contributed by atoms with Crippen molar-refractivity contribution in [1.82, 2.24) is 0 Å². The van der Waals surface area contributed by atoms with Crippen LogP contribution < -0.4 is 10.1 Å². The van der Waals surface area contributed by atoms with Crippen LogP contribution in [-0.4, -0.2) is 12.0 Å². The van der Waals surface area contributed by atoms with Crippen LogP contribution in [0.3, 0.4) is 0 Å². The predicted molar refractivity (Wildman–Crippen MR) is 85.7 cm³/mol. The maximum atomic E-state index is 12.3. The molecule has 1 N–H and O–H groups in total. The van der Waals surface area contributed by atoms with E-state index in [-0.39, 0.29) is 5.91 Å². The van der Waals surface area contributed by atoms with Crippen molar-refractivity contribution in [1.29, 1.82) is 5.26 Å². The molecule has 4 nitrogen and oxygen atoms in total. The van der Waals surface area contributed by atoms with Crippen LogP contribution in [0.25, 0.3) is 0 Å². The highest BCUT2D eigenvalue weighted by atomic mass is 16.5. The lowest BCUT2D eigenvalue weighted by Gasteiger charge is -2.17. The summed E-state index contributed by atoms with van der Waals surface area (Å²) in [5.41, 5.74) is 2.06. The Morgan fingerprint density at radius 2 is 1.91 bits per heavy atom. The quantitative estimate of drug-likeness (QED) is 0.915. The number of nitriles is 1. The highest BCUT2D eigenvalue weighted by molar-refractivity contribution is 5.95. The third-order valence-corrected chi connectivity index (χ3v) is 3.27. The molecule has 1 amide bonds. The van der Waals surface area contributed by atoms with E-state index in [1.54, 1.807) is 24.3 Å². The summed E-state index contributed by atoms with van der Waals surface area (Å²) in [7, 11) is 0. The average molecular weight is 294 g/mol. The van der Waals surface area contributed by atoms with Gasteiger partial charge >= 0.3 is 0 Å². The minimum absolute atomic E-state index is 0.259. The van der Waals surface area contributed by atoms with Crippen molar-refractivity contribution >= 4 is 11.6 Å². The van der Waals surface area contributed by atoms with E-state index in [4.69, 9.17) is 10.00 Å². The molecule has 0 heterocycles. The summed E-state index contributed by atoms with van der Waals surface area (Å²) in [6.07, 6.45) is -0.0662. The number of para-hydroxylation sites is 1. The Bertz CT molecular complexity index is 687. The van der Waals surface area contributed by atoms with Crippen molar-refractivity contribution in [3.8, 4) is 11.8 Å². The summed E-state index contributed by atoms with van der Waals surface area (Å²) in [4.78, 5) is 12.3. The van der Waals surface area contributed by atoms with Crippen LogP contribution in [-0.2, 0) is 4.79 Å². The highest BCUT2D eigenvalue weighted by Crippen LogP contribution is 2.17. The molecule has 2 rings (SSSR count). The maximum absolute atomic E-state index is 12.3. The first-order valence-corrected chi connectivity index (χ1v) is 7.17. The molecule has 0 saturated heterocycles. The van der Waals surface area contributed by atoms with Gasteiger partial charge in [-0.2, -0.15) is 5.26 Å². The van der Waals surface area contributed by atoms with Gasteiger partial charge in [-0.25, -0.2) is 0 Å². The van der Waals surface area contributed by atoms with Gasteiger partial charge in [-0.3, -0.25) is 4.79 Å². The fraction of sp³-hybridized carbons (Fsp3) is 0.222. The van der Waals surface area contributed by atoms with Gasteiger partial charge in [-0.15, -0.1) is 0 Å². The van der Waals surface area contributed by atoms with Gasteiger partial charge < -0.3 is 10.1 Å². The Kier molecular flexibility index (Phi) is 5.16. The molecule has 2 aromatic rings. The van der Waals surface area contributed by atoms with Crippen molar-refractivity contribution in [3.63, 3.8) is 0 Å². The zero-order valence-corrected chi connectivity index (χ0v) is 12.7. The van der Waals surface area contributed by atoms with E-state index in [0.717, 1.165) is 5.56 Å². The van der Waals surface area contributed by atoms with Gasteiger partial charge in [0.1, 0.15) is 11.8 Å². The van der Waals surface area contributed by atoms with Crippen LogP contribution in [0, 0.1) is 18.3 Å². The van der Waals surface area contributed by atoms with Gasteiger partial charge in [0.25, 0.3) is 5.91 Å².